The first-order chi connectivity index (χ1) is 26.8. The van der Waals surface area contributed by atoms with Crippen LogP contribution >= 0.6 is 0 Å². The molecule has 0 amide bonds. The number of hydrogen-bond donors (Lipinski definition) is 4. The zero-order chi connectivity index (χ0) is 40.2. The van der Waals surface area contributed by atoms with E-state index < -0.39 is 55.4 Å². The smallest absolute Gasteiger partial charge is 0.306 e. The number of carbonyl (C=O) groups excluding carboxylic acids is 2. The van der Waals surface area contributed by atoms with Gasteiger partial charge < -0.3 is 39.4 Å². The second kappa shape index (κ2) is 35.3. The van der Waals surface area contributed by atoms with Crippen LogP contribution in [0.1, 0.15) is 129 Å². The lowest BCUT2D eigenvalue weighted by molar-refractivity contribution is -0.305. The fraction of sp³-hybridized carbons (Fsp3) is 0.644. The molecule has 10 heteroatoms. The Morgan fingerprint density at radius 1 is 0.564 bits per heavy atom. The molecule has 10 nitrogen and oxygen atoms in total. The molecule has 1 aliphatic heterocycles. The Morgan fingerprint density at radius 2 is 1.02 bits per heavy atom. The summed E-state index contributed by atoms with van der Waals surface area (Å²) in [5.41, 5.74) is 0. The van der Waals surface area contributed by atoms with Gasteiger partial charge in [-0.3, -0.25) is 9.59 Å². The van der Waals surface area contributed by atoms with Gasteiger partial charge in [0.1, 0.15) is 31.0 Å². The van der Waals surface area contributed by atoms with Crippen molar-refractivity contribution in [1.29, 1.82) is 0 Å². The maximum atomic E-state index is 12.7. The zero-order valence-electron chi connectivity index (χ0n) is 33.6. The Morgan fingerprint density at radius 3 is 1.56 bits per heavy atom. The minimum atomic E-state index is -1.61. The maximum Gasteiger partial charge on any atom is 0.306 e. The molecule has 1 fully saturated rings. The summed E-state index contributed by atoms with van der Waals surface area (Å²) < 4.78 is 22.0. The van der Waals surface area contributed by atoms with Gasteiger partial charge in [-0.05, 0) is 83.5 Å². The van der Waals surface area contributed by atoms with Gasteiger partial charge in [0.05, 0.1) is 13.2 Å². The number of hydrogen-bond acceptors (Lipinski definition) is 10. The van der Waals surface area contributed by atoms with Gasteiger partial charge in [0.2, 0.25) is 0 Å². The average molecular weight is 773 g/mol. The monoisotopic (exact) mass is 773 g/mol. The lowest BCUT2D eigenvalue weighted by Crippen LogP contribution is -2.59. The van der Waals surface area contributed by atoms with Crippen LogP contribution in [-0.4, -0.2) is 89.0 Å². The van der Waals surface area contributed by atoms with Gasteiger partial charge in [0, 0.05) is 12.8 Å². The number of unbranched alkanes of at least 4 members (excludes halogenated alkanes) is 7. The van der Waals surface area contributed by atoms with Crippen LogP contribution < -0.4 is 0 Å². The van der Waals surface area contributed by atoms with Gasteiger partial charge >= 0.3 is 11.9 Å². The number of ether oxygens (including phenoxy) is 4. The molecule has 2 unspecified atom stereocenters. The van der Waals surface area contributed by atoms with Crippen LogP contribution in [0.5, 0.6) is 0 Å². The highest BCUT2D eigenvalue weighted by Crippen LogP contribution is 2.22. The fourth-order valence-electron chi connectivity index (χ4n) is 5.54. The summed E-state index contributed by atoms with van der Waals surface area (Å²) in [7, 11) is 0. The molecule has 0 saturated carbocycles. The van der Waals surface area contributed by atoms with Crippen molar-refractivity contribution in [2.45, 2.75) is 166 Å². The van der Waals surface area contributed by atoms with Crippen molar-refractivity contribution in [3.05, 3.63) is 85.1 Å². The molecule has 0 bridgehead atoms. The van der Waals surface area contributed by atoms with Crippen molar-refractivity contribution in [1.82, 2.24) is 0 Å². The Hall–Kier alpha value is -3.12. The van der Waals surface area contributed by atoms with Crippen molar-refractivity contribution in [3.63, 3.8) is 0 Å². The van der Waals surface area contributed by atoms with E-state index >= 15 is 0 Å². The van der Waals surface area contributed by atoms with Crippen molar-refractivity contribution in [2.24, 2.45) is 0 Å². The van der Waals surface area contributed by atoms with E-state index in [4.69, 9.17) is 18.9 Å². The maximum absolute atomic E-state index is 12.7. The average Bonchev–Trinajstić information content (AvgIpc) is 3.18. The minimum Gasteiger partial charge on any atom is -0.462 e. The van der Waals surface area contributed by atoms with Crippen molar-refractivity contribution in [2.75, 3.05) is 19.8 Å². The van der Waals surface area contributed by atoms with Crippen molar-refractivity contribution < 1.29 is 49.0 Å². The summed E-state index contributed by atoms with van der Waals surface area (Å²) in [4.78, 5) is 25.2. The van der Waals surface area contributed by atoms with Crippen LogP contribution in [0.3, 0.4) is 0 Å². The quantitative estimate of drug-likeness (QED) is 0.0299. The third-order valence-corrected chi connectivity index (χ3v) is 8.78. The van der Waals surface area contributed by atoms with Crippen molar-refractivity contribution >= 4 is 11.9 Å². The molecular weight excluding hydrogens is 700 g/mol. The molecule has 0 aromatic rings. The Balaban J connectivity index is 2.42. The molecule has 1 saturated heterocycles. The first-order valence-electron chi connectivity index (χ1n) is 20.7. The van der Waals surface area contributed by atoms with E-state index in [-0.39, 0.29) is 26.1 Å². The summed E-state index contributed by atoms with van der Waals surface area (Å²) in [5, 5.41) is 40.0. The van der Waals surface area contributed by atoms with Crippen LogP contribution in [0.15, 0.2) is 85.1 Å². The second-order valence-electron chi connectivity index (χ2n) is 13.7. The van der Waals surface area contributed by atoms with E-state index in [9.17, 15) is 30.0 Å². The molecule has 312 valence electrons. The van der Waals surface area contributed by atoms with E-state index in [1.807, 2.05) is 0 Å². The number of carbonyl (C=O) groups is 2. The molecule has 1 rings (SSSR count). The fourth-order valence-corrected chi connectivity index (χ4v) is 5.54. The third kappa shape index (κ3) is 27.2. The van der Waals surface area contributed by atoms with Gasteiger partial charge in [-0.1, -0.05) is 118 Å². The lowest BCUT2D eigenvalue weighted by atomic mass is 9.99. The normalized spacial score (nSPS) is 21.5. The standard InChI is InChI=1S/C45H72O10/c1-3-5-7-9-11-13-15-17-19-21-23-25-27-29-31-33-40(47)52-36-38(37-53-45-44(51)43(50)42(49)39(35-46)55-45)54-41(48)34-32-30-28-26-24-22-20-18-16-14-12-10-8-6-4-2/h5-8,11-14,17-20,23,25,38-39,42-46,49-51H,3-4,9-10,15-16,21-22,24,26-37H2,1-2H3/b7-5+,8-6+,13-11+,14-12+,19-17+,20-18+,25-23+/t38-,39-,42+,43?,44?,45-/m0/s1. The first-order valence-corrected chi connectivity index (χ1v) is 20.7. The molecule has 6 atom stereocenters. The van der Waals surface area contributed by atoms with E-state index in [1.54, 1.807) is 0 Å². The van der Waals surface area contributed by atoms with Crippen LogP contribution in [0.2, 0.25) is 0 Å². The number of aliphatic hydroxyl groups is 4. The van der Waals surface area contributed by atoms with Gasteiger partial charge in [0.25, 0.3) is 0 Å². The lowest BCUT2D eigenvalue weighted by Gasteiger charge is -2.39. The van der Waals surface area contributed by atoms with E-state index in [0.717, 1.165) is 89.9 Å². The van der Waals surface area contributed by atoms with Gasteiger partial charge in [0.15, 0.2) is 12.4 Å². The second-order valence-corrected chi connectivity index (χ2v) is 13.7. The summed E-state index contributed by atoms with van der Waals surface area (Å²) in [6.45, 7) is 3.10. The molecular formula is C45H72O10. The predicted octanol–water partition coefficient (Wildman–Crippen LogP) is 8.21. The van der Waals surface area contributed by atoms with E-state index in [2.05, 4.69) is 98.9 Å². The Bertz CT molecular complexity index is 1170. The molecule has 0 aliphatic carbocycles. The van der Waals surface area contributed by atoms with Gasteiger partial charge in [-0.15, -0.1) is 0 Å². The molecule has 1 aliphatic rings. The van der Waals surface area contributed by atoms with Crippen LogP contribution in [0.4, 0.5) is 0 Å². The van der Waals surface area contributed by atoms with Gasteiger partial charge in [-0.2, -0.15) is 0 Å². The Labute approximate surface area is 331 Å². The van der Waals surface area contributed by atoms with E-state index in [1.165, 1.54) is 0 Å². The molecule has 0 aromatic carbocycles. The van der Waals surface area contributed by atoms with Gasteiger partial charge in [-0.25, -0.2) is 0 Å². The largest absolute Gasteiger partial charge is 0.462 e. The topological polar surface area (TPSA) is 152 Å². The molecule has 0 radical (unpaired) electrons. The third-order valence-electron chi connectivity index (χ3n) is 8.78. The van der Waals surface area contributed by atoms with Crippen LogP contribution in [0.25, 0.3) is 0 Å². The molecule has 4 N–H and O–H groups in total. The van der Waals surface area contributed by atoms with Crippen molar-refractivity contribution in [3.8, 4) is 0 Å². The van der Waals surface area contributed by atoms with Crippen LogP contribution in [-0.2, 0) is 28.5 Å². The molecule has 0 spiro atoms. The SMILES string of the molecule is CC/C=C/C/C=C/C/C=C/C/C=C/CCCCC(=O)OC[C@@H](CO[C@H]1O[C@@H](CO)[C@@H](O)C(O)C1O)OC(=O)CCCCCCC/C=C/C/C=C/C/C=C/CC. The van der Waals surface area contributed by atoms with E-state index in [0.29, 0.717) is 12.8 Å². The summed E-state index contributed by atoms with van der Waals surface area (Å²) in [6.07, 6.45) is 37.3. The summed E-state index contributed by atoms with van der Waals surface area (Å²) in [5.74, 6) is -0.886. The zero-order valence-corrected chi connectivity index (χ0v) is 33.6. The summed E-state index contributed by atoms with van der Waals surface area (Å²) >= 11 is 0. The highest BCUT2D eigenvalue weighted by atomic mass is 16.7. The van der Waals surface area contributed by atoms with Crippen LogP contribution in [0, 0.1) is 0 Å². The molecule has 55 heavy (non-hydrogen) atoms. The summed E-state index contributed by atoms with van der Waals surface area (Å²) in [6, 6.07) is 0. The first kappa shape index (κ1) is 49.9. The minimum absolute atomic E-state index is 0.196. The molecule has 1 heterocycles. The highest BCUT2D eigenvalue weighted by molar-refractivity contribution is 5.70. The Kier molecular flexibility index (Phi) is 32.0. The number of rotatable bonds is 32. The number of allylic oxidation sites excluding steroid dienone is 14. The highest BCUT2D eigenvalue weighted by Gasteiger charge is 2.44. The number of esters is 2. The number of aliphatic hydroxyl groups excluding tert-OH is 4. The molecule has 0 aromatic heterocycles. The predicted molar refractivity (Wildman–Crippen MR) is 219 cm³/mol.